The lowest BCUT2D eigenvalue weighted by atomic mass is 10.1. The van der Waals surface area contributed by atoms with Gasteiger partial charge < -0.3 is 15.4 Å². The van der Waals surface area contributed by atoms with Crippen LogP contribution in [0.1, 0.15) is 49.4 Å². The van der Waals surface area contributed by atoms with E-state index < -0.39 is 0 Å². The third-order valence-electron chi connectivity index (χ3n) is 3.61. The second-order valence-corrected chi connectivity index (χ2v) is 5.39. The predicted molar refractivity (Wildman–Crippen MR) is 83.6 cm³/mol. The molecule has 5 nitrogen and oxygen atoms in total. The Bertz CT molecular complexity index is 428. The fourth-order valence-electron chi connectivity index (χ4n) is 2.37. The number of aromatic nitrogens is 1. The predicted octanol–water partition coefficient (Wildman–Crippen LogP) is 2.59. The Labute approximate surface area is 126 Å². The monoisotopic (exact) mass is 291 g/mol. The van der Waals surface area contributed by atoms with Crippen LogP contribution >= 0.6 is 0 Å². The van der Waals surface area contributed by atoms with Crippen molar-refractivity contribution in [1.82, 2.24) is 10.3 Å². The van der Waals surface area contributed by atoms with Crippen LogP contribution in [-0.4, -0.2) is 36.7 Å². The lowest BCUT2D eigenvalue weighted by Gasteiger charge is -2.22. The highest BCUT2D eigenvalue weighted by atomic mass is 16.5. The fourth-order valence-corrected chi connectivity index (χ4v) is 2.37. The summed E-state index contributed by atoms with van der Waals surface area (Å²) in [6.07, 6.45) is 7.35. The average Bonchev–Trinajstić information content (AvgIpc) is 2.54. The molecular weight excluding hydrogens is 266 g/mol. The maximum absolute atomic E-state index is 12.0. The zero-order valence-corrected chi connectivity index (χ0v) is 12.7. The van der Waals surface area contributed by atoms with E-state index in [1.165, 1.54) is 6.42 Å². The maximum Gasteiger partial charge on any atom is 0.252 e. The summed E-state index contributed by atoms with van der Waals surface area (Å²) in [7, 11) is 0. The molecule has 0 radical (unpaired) electrons. The highest BCUT2D eigenvalue weighted by Crippen LogP contribution is 2.15. The van der Waals surface area contributed by atoms with Gasteiger partial charge in [0.1, 0.15) is 5.82 Å². The van der Waals surface area contributed by atoms with Crippen LogP contribution < -0.4 is 10.6 Å². The topological polar surface area (TPSA) is 63.2 Å². The van der Waals surface area contributed by atoms with Gasteiger partial charge in [-0.15, -0.1) is 0 Å². The first-order valence-electron chi connectivity index (χ1n) is 7.89. The molecule has 0 aromatic carbocycles. The van der Waals surface area contributed by atoms with E-state index in [1.54, 1.807) is 12.3 Å². The molecule has 5 heteroatoms. The van der Waals surface area contributed by atoms with Crippen molar-refractivity contribution in [1.29, 1.82) is 0 Å². The molecule has 2 N–H and O–H groups in total. The number of rotatable bonds is 7. The van der Waals surface area contributed by atoms with E-state index in [9.17, 15) is 4.79 Å². The zero-order chi connectivity index (χ0) is 14.9. The summed E-state index contributed by atoms with van der Waals surface area (Å²) in [5.41, 5.74) is 0.599. The quantitative estimate of drug-likeness (QED) is 0.810. The number of pyridine rings is 1. The van der Waals surface area contributed by atoms with Crippen molar-refractivity contribution in [3.05, 3.63) is 23.9 Å². The van der Waals surface area contributed by atoms with E-state index in [0.29, 0.717) is 18.2 Å². The molecule has 2 rings (SSSR count). The van der Waals surface area contributed by atoms with Gasteiger partial charge >= 0.3 is 0 Å². The van der Waals surface area contributed by atoms with E-state index in [-0.39, 0.29) is 5.91 Å². The zero-order valence-electron chi connectivity index (χ0n) is 12.7. The molecule has 2 heterocycles. The number of hydrogen-bond donors (Lipinski definition) is 2. The van der Waals surface area contributed by atoms with Gasteiger partial charge in [0.25, 0.3) is 5.91 Å². The summed E-state index contributed by atoms with van der Waals surface area (Å²) in [5, 5.41) is 6.12. The van der Waals surface area contributed by atoms with Crippen LogP contribution in [0.3, 0.4) is 0 Å². The molecule has 1 saturated heterocycles. The standard InChI is InChI=1S/C16H25N3O2/c1-2-9-17-15-7-6-13(12-19-15)16(20)18-10-8-14-5-3-4-11-21-14/h6-7,12,14H,2-5,8-11H2,1H3,(H,17,19)(H,18,20). The fraction of sp³-hybridized carbons (Fsp3) is 0.625. The van der Waals surface area contributed by atoms with Crippen LogP contribution in [0.15, 0.2) is 18.3 Å². The third kappa shape index (κ3) is 5.34. The molecule has 1 fully saturated rings. The molecule has 0 spiro atoms. The van der Waals surface area contributed by atoms with Crippen LogP contribution in [0.5, 0.6) is 0 Å². The van der Waals surface area contributed by atoms with Gasteiger partial charge in [-0.25, -0.2) is 4.98 Å². The minimum atomic E-state index is -0.0691. The van der Waals surface area contributed by atoms with Crippen LogP contribution in [0, 0.1) is 0 Å². The normalized spacial score (nSPS) is 18.2. The third-order valence-corrected chi connectivity index (χ3v) is 3.61. The van der Waals surface area contributed by atoms with Crippen LogP contribution in [0.2, 0.25) is 0 Å². The molecule has 0 aliphatic carbocycles. The molecule has 116 valence electrons. The molecule has 21 heavy (non-hydrogen) atoms. The van der Waals surface area contributed by atoms with Crippen LogP contribution in [0.4, 0.5) is 5.82 Å². The smallest absolute Gasteiger partial charge is 0.252 e. The highest BCUT2D eigenvalue weighted by molar-refractivity contribution is 5.94. The molecule has 0 saturated carbocycles. The minimum Gasteiger partial charge on any atom is -0.378 e. The van der Waals surface area contributed by atoms with E-state index in [0.717, 1.165) is 44.7 Å². The SMILES string of the molecule is CCCNc1ccc(C(=O)NCCC2CCCCO2)cn1. The summed E-state index contributed by atoms with van der Waals surface area (Å²) in [6.45, 7) is 4.50. The van der Waals surface area contributed by atoms with E-state index in [1.807, 2.05) is 6.07 Å². The number of hydrogen-bond acceptors (Lipinski definition) is 4. The van der Waals surface area contributed by atoms with Gasteiger partial charge in [-0.2, -0.15) is 0 Å². The maximum atomic E-state index is 12.0. The largest absolute Gasteiger partial charge is 0.378 e. The molecule has 1 amide bonds. The molecule has 1 atom stereocenters. The second kappa shape index (κ2) is 8.62. The first-order chi connectivity index (χ1) is 10.3. The Morgan fingerprint density at radius 3 is 2.95 bits per heavy atom. The first kappa shape index (κ1) is 15.8. The van der Waals surface area contributed by atoms with Gasteiger partial charge in [-0.05, 0) is 44.2 Å². The molecule has 1 aliphatic heterocycles. The van der Waals surface area contributed by atoms with Gasteiger partial charge in [0.05, 0.1) is 11.7 Å². The first-order valence-corrected chi connectivity index (χ1v) is 7.89. The number of amides is 1. The minimum absolute atomic E-state index is 0.0691. The van der Waals surface area contributed by atoms with Gasteiger partial charge in [-0.3, -0.25) is 4.79 Å². The van der Waals surface area contributed by atoms with Gasteiger partial charge in [0.2, 0.25) is 0 Å². The number of carbonyl (C=O) groups is 1. The van der Waals surface area contributed by atoms with Crippen molar-refractivity contribution in [2.45, 2.75) is 45.1 Å². The average molecular weight is 291 g/mol. The summed E-state index contributed by atoms with van der Waals surface area (Å²) in [4.78, 5) is 16.2. The summed E-state index contributed by atoms with van der Waals surface area (Å²) >= 11 is 0. The van der Waals surface area contributed by atoms with Crippen molar-refractivity contribution in [2.24, 2.45) is 0 Å². The number of anilines is 1. The number of carbonyl (C=O) groups excluding carboxylic acids is 1. The van der Waals surface area contributed by atoms with E-state index in [4.69, 9.17) is 4.74 Å². The summed E-state index contributed by atoms with van der Waals surface area (Å²) in [5.74, 6) is 0.740. The Kier molecular flexibility index (Phi) is 6.47. The summed E-state index contributed by atoms with van der Waals surface area (Å²) in [6, 6.07) is 3.65. The Balaban J connectivity index is 1.72. The Morgan fingerprint density at radius 1 is 1.38 bits per heavy atom. The molecule has 1 aromatic rings. The van der Waals surface area contributed by atoms with Crippen molar-refractivity contribution < 1.29 is 9.53 Å². The molecule has 0 bridgehead atoms. The van der Waals surface area contributed by atoms with Gasteiger partial charge in [0.15, 0.2) is 0 Å². The van der Waals surface area contributed by atoms with E-state index >= 15 is 0 Å². The lowest BCUT2D eigenvalue weighted by molar-refractivity contribution is 0.0117. The van der Waals surface area contributed by atoms with Crippen molar-refractivity contribution in [3.8, 4) is 0 Å². The van der Waals surface area contributed by atoms with Crippen molar-refractivity contribution in [2.75, 3.05) is 25.0 Å². The van der Waals surface area contributed by atoms with Crippen molar-refractivity contribution in [3.63, 3.8) is 0 Å². The lowest BCUT2D eigenvalue weighted by Crippen LogP contribution is -2.29. The number of nitrogens with zero attached hydrogens (tertiary/aromatic N) is 1. The summed E-state index contributed by atoms with van der Waals surface area (Å²) < 4.78 is 5.65. The number of nitrogens with one attached hydrogen (secondary N) is 2. The van der Waals surface area contributed by atoms with Gasteiger partial charge in [0, 0.05) is 25.9 Å². The van der Waals surface area contributed by atoms with Crippen molar-refractivity contribution >= 4 is 11.7 Å². The Morgan fingerprint density at radius 2 is 2.29 bits per heavy atom. The number of ether oxygens (including phenoxy) is 1. The molecule has 1 aromatic heterocycles. The van der Waals surface area contributed by atoms with Crippen LogP contribution in [0.25, 0.3) is 0 Å². The second-order valence-electron chi connectivity index (χ2n) is 5.39. The molecule has 1 aliphatic rings. The van der Waals surface area contributed by atoms with Crippen LogP contribution in [-0.2, 0) is 4.74 Å². The van der Waals surface area contributed by atoms with Gasteiger partial charge in [-0.1, -0.05) is 6.92 Å². The van der Waals surface area contributed by atoms with E-state index in [2.05, 4.69) is 22.5 Å². The Hall–Kier alpha value is -1.62. The molecule has 1 unspecified atom stereocenters. The molecular formula is C16H25N3O2. The highest BCUT2D eigenvalue weighted by Gasteiger charge is 2.14.